The van der Waals surface area contributed by atoms with E-state index in [9.17, 15) is 0 Å². The van der Waals surface area contributed by atoms with E-state index in [1.165, 1.54) is 0 Å². The number of nitrogens with two attached hydrogens (primary N) is 1. The van der Waals surface area contributed by atoms with Gasteiger partial charge in [0.1, 0.15) is 0 Å². The van der Waals surface area contributed by atoms with Crippen LogP contribution in [0.3, 0.4) is 0 Å². The lowest BCUT2D eigenvalue weighted by molar-refractivity contribution is 0.549. The van der Waals surface area contributed by atoms with Crippen LogP contribution < -0.4 is 5.73 Å². The highest BCUT2D eigenvalue weighted by Crippen LogP contribution is 2.04. The lowest BCUT2D eigenvalue weighted by atomic mass is 10.0. The van der Waals surface area contributed by atoms with Crippen molar-refractivity contribution >= 4 is 0 Å². The van der Waals surface area contributed by atoms with Crippen LogP contribution in [0.15, 0.2) is 12.7 Å². The zero-order valence-electron chi connectivity index (χ0n) is 5.56. The quantitative estimate of drug-likeness (QED) is 0.550. The van der Waals surface area contributed by atoms with Gasteiger partial charge < -0.3 is 5.73 Å². The highest BCUT2D eigenvalue weighted by atomic mass is 14.5. The summed E-state index contributed by atoms with van der Waals surface area (Å²) in [7, 11) is 0. The Hall–Kier alpha value is -0.300. The molecule has 1 nitrogen and oxygen atoms in total. The predicted octanol–water partition coefficient (Wildman–Crippen LogP) is 1.55. The molecule has 1 atom stereocenters. The smallest absolute Gasteiger partial charge is 0.00746 e. The Bertz CT molecular complexity index is 59.4. The summed E-state index contributed by atoms with van der Waals surface area (Å²) in [6.07, 6.45) is 4.16. The van der Waals surface area contributed by atoms with Gasteiger partial charge in [0.25, 0.3) is 0 Å². The van der Waals surface area contributed by atoms with Crippen LogP contribution in [0, 0.1) is 5.92 Å². The Kier molecular flexibility index (Phi) is 4.67. The van der Waals surface area contributed by atoms with Gasteiger partial charge in [-0.1, -0.05) is 13.0 Å². The molecule has 0 fully saturated rings. The first-order valence-electron chi connectivity index (χ1n) is 3.12. The van der Waals surface area contributed by atoms with Crippen molar-refractivity contribution in [1.82, 2.24) is 0 Å². The van der Waals surface area contributed by atoms with Crippen molar-refractivity contribution in [1.29, 1.82) is 0 Å². The minimum atomic E-state index is 0.720. The fourth-order valence-corrected chi connectivity index (χ4v) is 0.687. The zero-order valence-corrected chi connectivity index (χ0v) is 5.56. The maximum absolute atomic E-state index is 5.33. The van der Waals surface area contributed by atoms with Crippen LogP contribution in [0.25, 0.3) is 0 Å². The van der Waals surface area contributed by atoms with Gasteiger partial charge in [-0.05, 0) is 25.3 Å². The van der Waals surface area contributed by atoms with Gasteiger partial charge in [0.2, 0.25) is 0 Å². The largest absolute Gasteiger partial charge is 0.330 e. The Morgan fingerprint density at radius 3 is 2.75 bits per heavy atom. The van der Waals surface area contributed by atoms with Crippen molar-refractivity contribution in [2.75, 3.05) is 6.54 Å². The fourth-order valence-electron chi connectivity index (χ4n) is 0.687. The maximum atomic E-state index is 5.33. The van der Waals surface area contributed by atoms with E-state index in [-0.39, 0.29) is 0 Å². The zero-order chi connectivity index (χ0) is 6.41. The molecule has 0 aliphatic rings. The van der Waals surface area contributed by atoms with Gasteiger partial charge in [-0.15, -0.1) is 6.58 Å². The summed E-state index contributed by atoms with van der Waals surface area (Å²) in [4.78, 5) is 0. The molecular weight excluding hydrogens is 98.1 g/mol. The minimum Gasteiger partial charge on any atom is -0.330 e. The molecule has 48 valence electrons. The van der Waals surface area contributed by atoms with Crippen molar-refractivity contribution < 1.29 is 0 Å². The van der Waals surface area contributed by atoms with Crippen molar-refractivity contribution in [3.8, 4) is 0 Å². The molecule has 0 saturated carbocycles. The number of hydrogen-bond donors (Lipinski definition) is 1. The van der Waals surface area contributed by atoms with E-state index in [1.54, 1.807) is 0 Å². The standard InChI is InChI=1S/C7H15N/c1-3-4-7(2)5-6-8/h3,7H,1,4-6,8H2,2H3. The van der Waals surface area contributed by atoms with Crippen molar-refractivity contribution in [3.05, 3.63) is 12.7 Å². The molecule has 0 radical (unpaired) electrons. The molecule has 1 unspecified atom stereocenters. The molecule has 8 heavy (non-hydrogen) atoms. The topological polar surface area (TPSA) is 26.0 Å². The van der Waals surface area contributed by atoms with Crippen LogP contribution >= 0.6 is 0 Å². The predicted molar refractivity (Wildman–Crippen MR) is 37.6 cm³/mol. The Morgan fingerprint density at radius 2 is 2.38 bits per heavy atom. The van der Waals surface area contributed by atoms with Gasteiger partial charge in [0, 0.05) is 0 Å². The second-order valence-corrected chi connectivity index (χ2v) is 2.21. The third kappa shape index (κ3) is 3.88. The first-order valence-corrected chi connectivity index (χ1v) is 3.12. The molecule has 0 aliphatic carbocycles. The number of rotatable bonds is 4. The molecule has 0 aromatic rings. The Labute approximate surface area is 51.6 Å². The van der Waals surface area contributed by atoms with Crippen LogP contribution in [0.5, 0.6) is 0 Å². The van der Waals surface area contributed by atoms with Gasteiger partial charge in [-0.3, -0.25) is 0 Å². The van der Waals surface area contributed by atoms with Gasteiger partial charge in [0.05, 0.1) is 0 Å². The molecule has 0 bridgehead atoms. The van der Waals surface area contributed by atoms with E-state index in [0.717, 1.165) is 25.3 Å². The van der Waals surface area contributed by atoms with E-state index >= 15 is 0 Å². The number of allylic oxidation sites excluding steroid dienone is 1. The highest BCUT2D eigenvalue weighted by Gasteiger charge is 1.94. The lowest BCUT2D eigenvalue weighted by Crippen LogP contribution is -2.04. The van der Waals surface area contributed by atoms with Crippen LogP contribution in [-0.4, -0.2) is 6.54 Å². The van der Waals surface area contributed by atoms with Crippen molar-refractivity contribution in [3.63, 3.8) is 0 Å². The molecule has 0 amide bonds. The average Bonchev–Trinajstić information content (AvgIpc) is 1.68. The van der Waals surface area contributed by atoms with Crippen LogP contribution in [0.2, 0.25) is 0 Å². The lowest BCUT2D eigenvalue weighted by Gasteiger charge is -2.03. The summed E-state index contributed by atoms with van der Waals surface area (Å²) in [6, 6.07) is 0. The number of hydrogen-bond acceptors (Lipinski definition) is 1. The molecule has 0 spiro atoms. The summed E-state index contributed by atoms with van der Waals surface area (Å²) in [5.74, 6) is 0.720. The monoisotopic (exact) mass is 113 g/mol. The minimum absolute atomic E-state index is 0.720. The molecule has 0 rings (SSSR count). The third-order valence-electron chi connectivity index (χ3n) is 1.23. The first-order chi connectivity index (χ1) is 3.81. The van der Waals surface area contributed by atoms with Gasteiger partial charge in [0.15, 0.2) is 0 Å². The summed E-state index contributed by atoms with van der Waals surface area (Å²) in [5, 5.41) is 0. The normalized spacial score (nSPS) is 13.2. The Morgan fingerprint density at radius 1 is 1.75 bits per heavy atom. The maximum Gasteiger partial charge on any atom is -0.00746 e. The van der Waals surface area contributed by atoms with Gasteiger partial charge >= 0.3 is 0 Å². The second kappa shape index (κ2) is 4.85. The van der Waals surface area contributed by atoms with Crippen molar-refractivity contribution in [2.45, 2.75) is 19.8 Å². The third-order valence-corrected chi connectivity index (χ3v) is 1.23. The molecule has 0 heterocycles. The fraction of sp³-hybridized carbons (Fsp3) is 0.714. The second-order valence-electron chi connectivity index (χ2n) is 2.21. The summed E-state index contributed by atoms with van der Waals surface area (Å²) in [6.45, 7) is 6.63. The van der Waals surface area contributed by atoms with Crippen LogP contribution in [0.1, 0.15) is 19.8 Å². The highest BCUT2D eigenvalue weighted by molar-refractivity contribution is 4.70. The van der Waals surface area contributed by atoms with E-state index in [0.29, 0.717) is 0 Å². The van der Waals surface area contributed by atoms with Gasteiger partial charge in [-0.2, -0.15) is 0 Å². The molecule has 0 aliphatic heterocycles. The molecule has 2 N–H and O–H groups in total. The molecule has 0 saturated heterocycles. The Balaban J connectivity index is 3.03. The van der Waals surface area contributed by atoms with Crippen LogP contribution in [0.4, 0.5) is 0 Å². The van der Waals surface area contributed by atoms with Crippen molar-refractivity contribution in [2.24, 2.45) is 11.7 Å². The van der Waals surface area contributed by atoms with Gasteiger partial charge in [-0.25, -0.2) is 0 Å². The summed E-state index contributed by atoms with van der Waals surface area (Å²) in [5.41, 5.74) is 5.33. The molecular formula is C7H15N. The molecule has 0 aromatic heterocycles. The van der Waals surface area contributed by atoms with E-state index < -0.39 is 0 Å². The van der Waals surface area contributed by atoms with E-state index in [1.807, 2.05) is 6.08 Å². The molecule has 0 aromatic carbocycles. The SMILES string of the molecule is C=CCC(C)CCN. The van der Waals surface area contributed by atoms with E-state index in [2.05, 4.69) is 13.5 Å². The van der Waals surface area contributed by atoms with Crippen LogP contribution in [-0.2, 0) is 0 Å². The molecule has 1 heteroatoms. The average molecular weight is 113 g/mol. The van der Waals surface area contributed by atoms with E-state index in [4.69, 9.17) is 5.73 Å². The summed E-state index contributed by atoms with van der Waals surface area (Å²) >= 11 is 0. The first kappa shape index (κ1) is 7.70. The summed E-state index contributed by atoms with van der Waals surface area (Å²) < 4.78 is 0.